The van der Waals surface area contributed by atoms with Crippen molar-refractivity contribution in [2.75, 3.05) is 45.9 Å². The summed E-state index contributed by atoms with van der Waals surface area (Å²) in [6.45, 7) is 8.40. The Hall–Kier alpha value is -1.40. The molecule has 122 valence electrons. The van der Waals surface area contributed by atoms with Crippen molar-refractivity contribution in [3.63, 3.8) is 0 Å². The maximum Gasteiger partial charge on any atom is 0.274 e. The number of aryl methyl sites for hydroxylation is 1. The van der Waals surface area contributed by atoms with Crippen LogP contribution in [0.1, 0.15) is 30.3 Å². The summed E-state index contributed by atoms with van der Waals surface area (Å²) >= 11 is 0. The Bertz CT molecular complexity index is 530. The molecule has 1 amide bonds. The van der Waals surface area contributed by atoms with Gasteiger partial charge in [-0.1, -0.05) is 6.92 Å². The molecule has 1 unspecified atom stereocenters. The number of carbonyl (C=O) groups is 1. The highest BCUT2D eigenvalue weighted by atomic mass is 16.5. The number of rotatable bonds is 2. The van der Waals surface area contributed by atoms with E-state index < -0.39 is 0 Å². The fourth-order valence-electron chi connectivity index (χ4n) is 3.67. The van der Waals surface area contributed by atoms with Crippen molar-refractivity contribution in [3.05, 3.63) is 18.0 Å². The molecule has 1 aromatic rings. The topological polar surface area (TPSA) is 50.6 Å². The molecule has 3 rings (SSSR count). The van der Waals surface area contributed by atoms with Gasteiger partial charge >= 0.3 is 0 Å². The van der Waals surface area contributed by atoms with Crippen LogP contribution >= 0.6 is 0 Å². The highest BCUT2D eigenvalue weighted by molar-refractivity contribution is 5.92. The normalized spacial score (nSPS) is 27.1. The number of aromatic nitrogens is 2. The number of ether oxygens (including phenoxy) is 1. The van der Waals surface area contributed by atoms with E-state index in [0.717, 1.165) is 58.8 Å². The first-order valence-electron chi connectivity index (χ1n) is 8.21. The van der Waals surface area contributed by atoms with Crippen molar-refractivity contribution < 1.29 is 9.53 Å². The summed E-state index contributed by atoms with van der Waals surface area (Å²) in [6, 6.07) is 1.80. The van der Waals surface area contributed by atoms with E-state index in [1.807, 2.05) is 18.1 Å². The molecule has 2 fully saturated rings. The number of hydrogen-bond donors (Lipinski definition) is 0. The predicted molar refractivity (Wildman–Crippen MR) is 83.7 cm³/mol. The van der Waals surface area contributed by atoms with Crippen LogP contribution in [0.4, 0.5) is 0 Å². The first kappa shape index (κ1) is 15.5. The van der Waals surface area contributed by atoms with Crippen molar-refractivity contribution >= 4 is 5.91 Å². The monoisotopic (exact) mass is 306 g/mol. The van der Waals surface area contributed by atoms with Crippen LogP contribution in [-0.4, -0.2) is 71.4 Å². The third-order valence-electron chi connectivity index (χ3n) is 4.85. The highest BCUT2D eigenvalue weighted by Crippen LogP contribution is 2.33. The van der Waals surface area contributed by atoms with Crippen molar-refractivity contribution in [3.8, 4) is 0 Å². The highest BCUT2D eigenvalue weighted by Gasteiger charge is 2.40. The van der Waals surface area contributed by atoms with Gasteiger partial charge in [0.2, 0.25) is 0 Å². The fourth-order valence-corrected chi connectivity index (χ4v) is 3.67. The average Bonchev–Trinajstić information content (AvgIpc) is 2.86. The van der Waals surface area contributed by atoms with Gasteiger partial charge in [0.15, 0.2) is 0 Å². The third kappa shape index (κ3) is 3.17. The molecule has 2 aliphatic heterocycles. The molecule has 2 saturated heterocycles. The van der Waals surface area contributed by atoms with Crippen molar-refractivity contribution in [2.45, 2.75) is 19.8 Å². The molecule has 1 spiro atoms. The maximum absolute atomic E-state index is 12.7. The molecule has 0 radical (unpaired) electrons. The van der Waals surface area contributed by atoms with Crippen LogP contribution in [0.2, 0.25) is 0 Å². The van der Waals surface area contributed by atoms with Gasteiger partial charge in [-0.2, -0.15) is 5.10 Å². The molecule has 0 N–H and O–H groups in total. The van der Waals surface area contributed by atoms with Gasteiger partial charge in [-0.05, 0) is 25.5 Å². The van der Waals surface area contributed by atoms with Crippen molar-refractivity contribution in [1.29, 1.82) is 0 Å². The van der Waals surface area contributed by atoms with Gasteiger partial charge in [0, 0.05) is 44.8 Å². The largest absolute Gasteiger partial charge is 0.379 e. The second kappa shape index (κ2) is 6.38. The van der Waals surface area contributed by atoms with Crippen LogP contribution in [-0.2, 0) is 11.8 Å². The summed E-state index contributed by atoms with van der Waals surface area (Å²) in [5, 5.41) is 4.25. The summed E-state index contributed by atoms with van der Waals surface area (Å²) in [5.74, 6) is 0.0481. The molecule has 0 saturated carbocycles. The zero-order valence-electron chi connectivity index (χ0n) is 13.6. The lowest BCUT2D eigenvalue weighted by molar-refractivity contribution is 0.00741. The summed E-state index contributed by atoms with van der Waals surface area (Å²) < 4.78 is 7.54. The molecule has 0 aromatic carbocycles. The summed E-state index contributed by atoms with van der Waals surface area (Å²) in [5.41, 5.74) is 0.622. The molecule has 6 heteroatoms. The minimum absolute atomic E-state index is 0.0481. The Morgan fingerprint density at radius 3 is 3.00 bits per heavy atom. The number of likely N-dealkylation sites (tertiary alicyclic amines) is 1. The first-order valence-corrected chi connectivity index (χ1v) is 8.21. The van der Waals surface area contributed by atoms with Gasteiger partial charge in [-0.15, -0.1) is 0 Å². The Morgan fingerprint density at radius 1 is 1.41 bits per heavy atom. The lowest BCUT2D eigenvalue weighted by Gasteiger charge is -2.43. The maximum atomic E-state index is 12.7. The molecular weight excluding hydrogens is 280 g/mol. The number of likely N-dealkylation sites (N-methyl/N-ethyl adjacent to an activating group) is 1. The van der Waals surface area contributed by atoms with E-state index in [9.17, 15) is 4.79 Å². The fraction of sp³-hybridized carbons (Fsp3) is 0.750. The van der Waals surface area contributed by atoms with Crippen LogP contribution < -0.4 is 0 Å². The summed E-state index contributed by atoms with van der Waals surface area (Å²) in [4.78, 5) is 17.1. The second-order valence-corrected chi connectivity index (χ2v) is 6.63. The lowest BCUT2D eigenvalue weighted by atomic mass is 9.80. The molecule has 1 atom stereocenters. The number of carbonyl (C=O) groups excluding carboxylic acids is 1. The SMILES string of the molecule is CCN1CCOCC2(CCCN(C(=O)c3ccn(C)n3)C2)C1. The van der Waals surface area contributed by atoms with Gasteiger partial charge in [0.1, 0.15) is 5.69 Å². The van der Waals surface area contributed by atoms with E-state index in [2.05, 4.69) is 16.9 Å². The number of nitrogens with zero attached hydrogens (tertiary/aromatic N) is 4. The van der Waals surface area contributed by atoms with Crippen molar-refractivity contribution in [2.24, 2.45) is 12.5 Å². The predicted octanol–water partition coefficient (Wildman–Crippen LogP) is 0.995. The number of piperidine rings is 1. The van der Waals surface area contributed by atoms with Gasteiger partial charge < -0.3 is 14.5 Å². The molecule has 2 aliphatic rings. The standard InChI is InChI=1S/C16H26N4O2/c1-3-19-9-10-22-13-16(11-19)6-4-7-20(12-16)15(21)14-5-8-18(2)17-14/h5,8H,3-4,6-7,9-13H2,1-2H3. The quantitative estimate of drug-likeness (QED) is 0.818. The average molecular weight is 306 g/mol. The summed E-state index contributed by atoms with van der Waals surface area (Å²) in [7, 11) is 1.84. The minimum Gasteiger partial charge on any atom is -0.379 e. The van der Waals surface area contributed by atoms with Crippen molar-refractivity contribution in [1.82, 2.24) is 19.6 Å². The molecular formula is C16H26N4O2. The Morgan fingerprint density at radius 2 is 2.27 bits per heavy atom. The van der Waals surface area contributed by atoms with E-state index in [1.54, 1.807) is 10.7 Å². The lowest BCUT2D eigenvalue weighted by Crippen LogP contribution is -2.52. The van der Waals surface area contributed by atoms with Gasteiger partial charge in [-0.3, -0.25) is 9.48 Å². The zero-order chi connectivity index (χ0) is 15.6. The Balaban J connectivity index is 1.74. The van der Waals surface area contributed by atoms with Crippen LogP contribution in [0.3, 0.4) is 0 Å². The smallest absolute Gasteiger partial charge is 0.274 e. The van der Waals surface area contributed by atoms with Crippen LogP contribution in [0.15, 0.2) is 12.3 Å². The third-order valence-corrected chi connectivity index (χ3v) is 4.85. The van der Waals surface area contributed by atoms with Gasteiger partial charge in [0.05, 0.1) is 13.2 Å². The number of amides is 1. The van der Waals surface area contributed by atoms with Crippen LogP contribution in [0.25, 0.3) is 0 Å². The van der Waals surface area contributed by atoms with E-state index in [-0.39, 0.29) is 11.3 Å². The van der Waals surface area contributed by atoms with Crippen LogP contribution in [0, 0.1) is 5.41 Å². The first-order chi connectivity index (χ1) is 10.6. The van der Waals surface area contributed by atoms with Gasteiger partial charge in [-0.25, -0.2) is 0 Å². The van der Waals surface area contributed by atoms with Crippen LogP contribution in [0.5, 0.6) is 0 Å². The van der Waals surface area contributed by atoms with E-state index in [0.29, 0.717) is 5.69 Å². The number of hydrogen-bond acceptors (Lipinski definition) is 4. The van der Waals surface area contributed by atoms with E-state index >= 15 is 0 Å². The summed E-state index contributed by atoms with van der Waals surface area (Å²) in [6.07, 6.45) is 4.00. The molecule has 6 nitrogen and oxygen atoms in total. The minimum atomic E-state index is 0.0481. The van der Waals surface area contributed by atoms with Gasteiger partial charge in [0.25, 0.3) is 5.91 Å². The molecule has 3 heterocycles. The second-order valence-electron chi connectivity index (χ2n) is 6.63. The Labute approximate surface area is 132 Å². The molecule has 1 aromatic heterocycles. The Kier molecular flexibility index (Phi) is 4.49. The molecule has 0 bridgehead atoms. The van der Waals surface area contributed by atoms with E-state index in [1.165, 1.54) is 0 Å². The van der Waals surface area contributed by atoms with E-state index in [4.69, 9.17) is 4.74 Å². The molecule has 0 aliphatic carbocycles. The zero-order valence-corrected chi connectivity index (χ0v) is 13.6. The molecule has 22 heavy (non-hydrogen) atoms.